The van der Waals surface area contributed by atoms with E-state index in [4.69, 9.17) is 0 Å². The van der Waals surface area contributed by atoms with Gasteiger partial charge in [0.1, 0.15) is 0 Å². The lowest BCUT2D eigenvalue weighted by atomic mass is 10.1. The molecule has 1 fully saturated rings. The van der Waals surface area contributed by atoms with Gasteiger partial charge in [-0.05, 0) is 43.2 Å². The van der Waals surface area contributed by atoms with Crippen molar-refractivity contribution >= 4 is 23.2 Å². The van der Waals surface area contributed by atoms with Crippen molar-refractivity contribution in [1.82, 2.24) is 0 Å². The molecule has 0 atom stereocenters. The molecule has 2 aromatic carbocycles. The van der Waals surface area contributed by atoms with E-state index in [1.807, 2.05) is 43.3 Å². The van der Waals surface area contributed by atoms with Crippen LogP contribution in [0.2, 0.25) is 0 Å². The van der Waals surface area contributed by atoms with Crippen LogP contribution in [0.25, 0.3) is 0 Å². The maximum Gasteiger partial charge on any atom is 0.255 e. The number of aryl methyl sites for hydroxylation is 1. The van der Waals surface area contributed by atoms with E-state index in [9.17, 15) is 9.59 Å². The zero-order chi connectivity index (χ0) is 15.5. The van der Waals surface area contributed by atoms with Crippen molar-refractivity contribution in [3.05, 3.63) is 59.7 Å². The van der Waals surface area contributed by atoms with E-state index in [-0.39, 0.29) is 11.8 Å². The number of amides is 2. The lowest BCUT2D eigenvalue weighted by Crippen LogP contribution is -2.24. The highest BCUT2D eigenvalue weighted by Gasteiger charge is 2.23. The van der Waals surface area contributed by atoms with Gasteiger partial charge in [-0.1, -0.05) is 24.3 Å². The number of benzene rings is 2. The van der Waals surface area contributed by atoms with Crippen molar-refractivity contribution in [3.63, 3.8) is 0 Å². The summed E-state index contributed by atoms with van der Waals surface area (Å²) >= 11 is 0. The smallest absolute Gasteiger partial charge is 0.255 e. The normalized spacial score (nSPS) is 14.2. The van der Waals surface area contributed by atoms with E-state index in [1.165, 1.54) is 0 Å². The van der Waals surface area contributed by atoms with Crippen molar-refractivity contribution in [1.29, 1.82) is 0 Å². The highest BCUT2D eigenvalue weighted by molar-refractivity contribution is 6.05. The molecule has 1 saturated heterocycles. The topological polar surface area (TPSA) is 49.4 Å². The minimum Gasteiger partial charge on any atom is -0.322 e. The van der Waals surface area contributed by atoms with E-state index in [0.717, 1.165) is 24.2 Å². The molecule has 1 heterocycles. The first-order valence-corrected chi connectivity index (χ1v) is 7.42. The van der Waals surface area contributed by atoms with Crippen LogP contribution in [0.1, 0.15) is 28.8 Å². The van der Waals surface area contributed by atoms with Crippen molar-refractivity contribution in [2.24, 2.45) is 0 Å². The average Bonchev–Trinajstić information content (AvgIpc) is 2.96. The van der Waals surface area contributed by atoms with Gasteiger partial charge in [-0.2, -0.15) is 0 Å². The summed E-state index contributed by atoms with van der Waals surface area (Å²) in [5, 5.41) is 2.89. The molecule has 2 amide bonds. The fraction of sp³-hybridized carbons (Fsp3) is 0.222. The molecule has 0 spiro atoms. The third-order valence-corrected chi connectivity index (χ3v) is 3.87. The predicted octanol–water partition coefficient (Wildman–Crippen LogP) is 3.37. The van der Waals surface area contributed by atoms with Crippen molar-refractivity contribution in [2.45, 2.75) is 19.8 Å². The van der Waals surface area contributed by atoms with Crippen LogP contribution < -0.4 is 10.2 Å². The Balaban J connectivity index is 1.83. The molecule has 0 aromatic heterocycles. The Morgan fingerprint density at radius 2 is 1.91 bits per heavy atom. The first kappa shape index (κ1) is 14.3. The Kier molecular flexibility index (Phi) is 3.92. The summed E-state index contributed by atoms with van der Waals surface area (Å²) in [6.45, 7) is 2.72. The molecule has 4 heteroatoms. The summed E-state index contributed by atoms with van der Waals surface area (Å²) in [7, 11) is 0. The molecule has 0 saturated carbocycles. The lowest BCUT2D eigenvalue weighted by Gasteiger charge is -2.19. The maximum absolute atomic E-state index is 12.2. The van der Waals surface area contributed by atoms with Gasteiger partial charge in [0, 0.05) is 29.9 Å². The van der Waals surface area contributed by atoms with Crippen LogP contribution >= 0.6 is 0 Å². The van der Waals surface area contributed by atoms with Crippen molar-refractivity contribution in [3.8, 4) is 0 Å². The van der Waals surface area contributed by atoms with Gasteiger partial charge < -0.3 is 10.2 Å². The number of nitrogens with zero attached hydrogens (tertiary/aromatic N) is 1. The summed E-state index contributed by atoms with van der Waals surface area (Å²) in [6, 6.07) is 14.8. The standard InChI is InChI=1S/C18H18N2O2/c1-13-9-10-15(12-16(13)20-11-5-8-17(20)21)19-18(22)14-6-3-2-4-7-14/h2-4,6-7,9-10,12H,5,8,11H2,1H3,(H,19,22). The largest absolute Gasteiger partial charge is 0.322 e. The van der Waals surface area contributed by atoms with Gasteiger partial charge in [0.15, 0.2) is 0 Å². The van der Waals surface area contributed by atoms with Gasteiger partial charge in [-0.3, -0.25) is 9.59 Å². The summed E-state index contributed by atoms with van der Waals surface area (Å²) in [4.78, 5) is 25.9. The van der Waals surface area contributed by atoms with E-state index >= 15 is 0 Å². The Labute approximate surface area is 129 Å². The third kappa shape index (κ3) is 2.86. The summed E-state index contributed by atoms with van der Waals surface area (Å²) in [5.74, 6) is -0.00205. The molecule has 2 aromatic rings. The van der Waals surface area contributed by atoms with Gasteiger partial charge >= 0.3 is 0 Å². The molecular formula is C18H18N2O2. The lowest BCUT2D eigenvalue weighted by molar-refractivity contribution is -0.117. The Hall–Kier alpha value is -2.62. The first-order chi connectivity index (χ1) is 10.6. The molecule has 3 rings (SSSR count). The van der Waals surface area contributed by atoms with Crippen LogP contribution in [-0.2, 0) is 4.79 Å². The zero-order valence-electron chi connectivity index (χ0n) is 12.5. The van der Waals surface area contributed by atoms with Gasteiger partial charge in [-0.25, -0.2) is 0 Å². The fourth-order valence-electron chi connectivity index (χ4n) is 2.67. The van der Waals surface area contributed by atoms with Crippen LogP contribution in [-0.4, -0.2) is 18.4 Å². The second kappa shape index (κ2) is 6.02. The number of hydrogen-bond donors (Lipinski definition) is 1. The number of anilines is 2. The van der Waals surface area contributed by atoms with E-state index in [1.54, 1.807) is 17.0 Å². The number of carbonyl (C=O) groups excluding carboxylic acids is 2. The Morgan fingerprint density at radius 3 is 2.59 bits per heavy atom. The number of nitrogens with one attached hydrogen (secondary N) is 1. The van der Waals surface area contributed by atoms with Crippen molar-refractivity contribution < 1.29 is 9.59 Å². The molecule has 112 valence electrons. The van der Waals surface area contributed by atoms with Crippen molar-refractivity contribution in [2.75, 3.05) is 16.8 Å². The molecule has 0 aliphatic carbocycles. The van der Waals surface area contributed by atoms with Crippen LogP contribution in [0.4, 0.5) is 11.4 Å². The fourth-order valence-corrected chi connectivity index (χ4v) is 2.67. The van der Waals surface area contributed by atoms with E-state index in [0.29, 0.717) is 17.7 Å². The van der Waals surface area contributed by atoms with Gasteiger partial charge in [0.25, 0.3) is 5.91 Å². The monoisotopic (exact) mass is 294 g/mol. The van der Waals surface area contributed by atoms with Crippen LogP contribution in [0.3, 0.4) is 0 Å². The third-order valence-electron chi connectivity index (χ3n) is 3.87. The van der Waals surface area contributed by atoms with Crippen LogP contribution in [0, 0.1) is 6.92 Å². The summed E-state index contributed by atoms with van der Waals surface area (Å²) in [5.41, 5.74) is 3.23. The van der Waals surface area contributed by atoms with Gasteiger partial charge in [0.05, 0.1) is 0 Å². The van der Waals surface area contributed by atoms with Gasteiger partial charge in [-0.15, -0.1) is 0 Å². The molecule has 1 N–H and O–H groups in total. The Bertz CT molecular complexity index is 710. The zero-order valence-corrected chi connectivity index (χ0v) is 12.5. The Morgan fingerprint density at radius 1 is 1.14 bits per heavy atom. The number of rotatable bonds is 3. The SMILES string of the molecule is Cc1ccc(NC(=O)c2ccccc2)cc1N1CCCC1=O. The van der Waals surface area contributed by atoms with E-state index in [2.05, 4.69) is 5.32 Å². The maximum atomic E-state index is 12.2. The highest BCUT2D eigenvalue weighted by atomic mass is 16.2. The predicted molar refractivity (Wildman–Crippen MR) is 87.2 cm³/mol. The second-order valence-electron chi connectivity index (χ2n) is 5.47. The average molecular weight is 294 g/mol. The quantitative estimate of drug-likeness (QED) is 0.943. The van der Waals surface area contributed by atoms with E-state index < -0.39 is 0 Å². The molecule has 4 nitrogen and oxygen atoms in total. The summed E-state index contributed by atoms with van der Waals surface area (Å²) in [6.07, 6.45) is 1.49. The molecule has 1 aliphatic rings. The molecule has 1 aliphatic heterocycles. The number of carbonyl (C=O) groups is 2. The minimum absolute atomic E-state index is 0.148. The number of hydrogen-bond acceptors (Lipinski definition) is 2. The molecule has 22 heavy (non-hydrogen) atoms. The molecule has 0 radical (unpaired) electrons. The summed E-state index contributed by atoms with van der Waals surface area (Å²) < 4.78 is 0. The van der Waals surface area contributed by atoms with Crippen LogP contribution in [0.15, 0.2) is 48.5 Å². The molecular weight excluding hydrogens is 276 g/mol. The van der Waals surface area contributed by atoms with Gasteiger partial charge in [0.2, 0.25) is 5.91 Å². The second-order valence-corrected chi connectivity index (χ2v) is 5.47. The highest BCUT2D eigenvalue weighted by Crippen LogP contribution is 2.28. The molecule has 0 unspecified atom stereocenters. The van der Waals surface area contributed by atoms with Crippen LogP contribution in [0.5, 0.6) is 0 Å². The minimum atomic E-state index is -0.150. The molecule has 0 bridgehead atoms. The first-order valence-electron chi connectivity index (χ1n) is 7.42.